The van der Waals surface area contributed by atoms with Crippen molar-refractivity contribution in [2.24, 2.45) is 0 Å². The second kappa shape index (κ2) is 9.67. The molecule has 0 spiro atoms. The van der Waals surface area contributed by atoms with Crippen molar-refractivity contribution in [3.63, 3.8) is 0 Å². The highest BCUT2D eigenvalue weighted by Crippen LogP contribution is 2.32. The molecule has 3 N–H and O–H groups in total. The van der Waals surface area contributed by atoms with Crippen molar-refractivity contribution in [1.82, 2.24) is 15.3 Å². The molecule has 168 valence electrons. The largest absolute Gasteiger partial charge is 0.490 e. The fourth-order valence-corrected chi connectivity index (χ4v) is 4.06. The number of aromatic nitrogens is 2. The number of anilines is 1. The number of benzene rings is 1. The van der Waals surface area contributed by atoms with E-state index in [1.165, 1.54) is 18.3 Å². The number of carbonyl (C=O) groups is 1. The third-order valence-corrected chi connectivity index (χ3v) is 5.71. The van der Waals surface area contributed by atoms with Crippen LogP contribution in [0.2, 0.25) is 5.15 Å². The number of halogens is 2. The van der Waals surface area contributed by atoms with Crippen LogP contribution in [0, 0.1) is 5.82 Å². The first-order chi connectivity index (χ1) is 15.4. The zero-order chi connectivity index (χ0) is 22.7. The average molecular weight is 459 g/mol. The molecule has 0 amide bonds. The molecule has 1 aromatic carbocycles. The van der Waals surface area contributed by atoms with E-state index in [0.717, 1.165) is 24.9 Å². The molecule has 2 atom stereocenters. The van der Waals surface area contributed by atoms with Gasteiger partial charge in [0.1, 0.15) is 27.8 Å². The normalized spacial score (nSPS) is 16.8. The predicted octanol–water partition coefficient (Wildman–Crippen LogP) is 4.81. The molecular formula is C23H24ClFN4O3. The number of carboxylic acids is 1. The van der Waals surface area contributed by atoms with E-state index in [1.807, 2.05) is 6.92 Å². The van der Waals surface area contributed by atoms with Gasteiger partial charge in [-0.25, -0.2) is 14.2 Å². The van der Waals surface area contributed by atoms with Gasteiger partial charge in [0.25, 0.3) is 0 Å². The summed E-state index contributed by atoms with van der Waals surface area (Å²) in [5.74, 6) is -0.729. The quantitative estimate of drug-likeness (QED) is 0.416. The number of rotatable bonds is 8. The molecule has 9 heteroatoms. The van der Waals surface area contributed by atoms with Gasteiger partial charge in [-0.15, -0.1) is 0 Å². The third-order valence-electron chi connectivity index (χ3n) is 5.50. The van der Waals surface area contributed by atoms with E-state index < -0.39 is 5.97 Å². The smallest absolute Gasteiger partial charge is 0.339 e. The summed E-state index contributed by atoms with van der Waals surface area (Å²) in [6, 6.07) is 7.98. The molecule has 4 rings (SSSR count). The number of nitrogens with zero attached hydrogens (tertiary/aromatic N) is 2. The molecule has 3 heterocycles. The number of ether oxygens (including phenoxy) is 1. The van der Waals surface area contributed by atoms with Gasteiger partial charge in [-0.2, -0.15) is 0 Å². The highest BCUT2D eigenvalue weighted by atomic mass is 35.5. The molecule has 0 bridgehead atoms. The van der Waals surface area contributed by atoms with Crippen LogP contribution in [0.1, 0.15) is 48.1 Å². The maximum absolute atomic E-state index is 13.8. The number of carboxylic acid groups (broad SMARTS) is 1. The van der Waals surface area contributed by atoms with E-state index in [-0.39, 0.29) is 28.7 Å². The van der Waals surface area contributed by atoms with E-state index in [2.05, 4.69) is 20.6 Å². The van der Waals surface area contributed by atoms with Gasteiger partial charge < -0.3 is 20.5 Å². The Kier molecular flexibility index (Phi) is 6.72. The first kappa shape index (κ1) is 22.2. The van der Waals surface area contributed by atoms with Crippen LogP contribution in [0.3, 0.4) is 0 Å². The van der Waals surface area contributed by atoms with Crippen molar-refractivity contribution >= 4 is 34.3 Å². The van der Waals surface area contributed by atoms with Crippen molar-refractivity contribution in [1.29, 1.82) is 0 Å². The number of nitrogens with one attached hydrogen (secondary N) is 2. The maximum Gasteiger partial charge on any atom is 0.339 e. The Bertz CT molecular complexity index is 1140. The summed E-state index contributed by atoms with van der Waals surface area (Å²) in [7, 11) is 0. The lowest BCUT2D eigenvalue weighted by atomic mass is 10.0. The van der Waals surface area contributed by atoms with Gasteiger partial charge in [-0.1, -0.05) is 11.6 Å². The SMILES string of the molecule is C[C@@H](CCNc1c(C(=O)O)cnc2ccc(Cl)nc12)Oc1ccc(F)cc1[C@H]1CCCN1. The molecule has 32 heavy (non-hydrogen) atoms. The van der Waals surface area contributed by atoms with Crippen molar-refractivity contribution in [2.75, 3.05) is 18.4 Å². The number of hydrogen-bond acceptors (Lipinski definition) is 6. The standard InChI is InChI=1S/C23H24ClFN4O3/c1-13(32-19-6-4-14(25)11-15(19)17-3-2-9-26-17)8-10-27-21-16(23(30)31)12-28-18-5-7-20(24)29-22(18)21/h4-7,11-13,17,26H,2-3,8-10H2,1H3,(H,27,28)(H,30,31)/t13-,17+/m0/s1. The van der Waals surface area contributed by atoms with Crippen molar-refractivity contribution in [3.8, 4) is 5.75 Å². The minimum atomic E-state index is -1.10. The Labute approximate surface area is 190 Å². The van der Waals surface area contributed by atoms with Gasteiger partial charge in [-0.3, -0.25) is 4.98 Å². The summed E-state index contributed by atoms with van der Waals surface area (Å²) < 4.78 is 19.9. The van der Waals surface area contributed by atoms with Gasteiger partial charge >= 0.3 is 5.97 Å². The Balaban J connectivity index is 1.46. The van der Waals surface area contributed by atoms with Crippen LogP contribution in [0.25, 0.3) is 11.0 Å². The topological polar surface area (TPSA) is 96.4 Å². The summed E-state index contributed by atoms with van der Waals surface area (Å²) >= 11 is 6.01. The average Bonchev–Trinajstić information content (AvgIpc) is 3.29. The molecule has 0 radical (unpaired) electrons. The first-order valence-corrected chi connectivity index (χ1v) is 10.9. The molecular weight excluding hydrogens is 435 g/mol. The van der Waals surface area contributed by atoms with E-state index in [1.54, 1.807) is 18.2 Å². The summed E-state index contributed by atoms with van der Waals surface area (Å²) in [5.41, 5.74) is 2.17. The minimum Gasteiger partial charge on any atom is -0.490 e. The van der Waals surface area contributed by atoms with Gasteiger partial charge in [-0.05, 0) is 56.6 Å². The van der Waals surface area contributed by atoms with Crippen LogP contribution in [0.5, 0.6) is 5.75 Å². The molecule has 2 aromatic heterocycles. The Hall–Kier alpha value is -2.97. The third kappa shape index (κ3) is 4.92. The molecule has 1 fully saturated rings. The zero-order valence-corrected chi connectivity index (χ0v) is 18.3. The molecule has 7 nitrogen and oxygen atoms in total. The fourth-order valence-electron chi connectivity index (χ4n) is 3.91. The lowest BCUT2D eigenvalue weighted by molar-refractivity contribution is 0.0697. The molecule has 0 unspecified atom stereocenters. The summed E-state index contributed by atoms with van der Waals surface area (Å²) in [4.78, 5) is 20.1. The van der Waals surface area contributed by atoms with E-state index >= 15 is 0 Å². The highest BCUT2D eigenvalue weighted by molar-refractivity contribution is 6.29. The summed E-state index contributed by atoms with van der Waals surface area (Å²) in [6.07, 6.45) is 3.69. The first-order valence-electron chi connectivity index (χ1n) is 10.5. The second-order valence-corrected chi connectivity index (χ2v) is 8.22. The molecule has 1 aliphatic rings. The molecule has 0 aliphatic carbocycles. The lowest BCUT2D eigenvalue weighted by Gasteiger charge is -2.21. The summed E-state index contributed by atoms with van der Waals surface area (Å²) in [5, 5.41) is 16.4. The van der Waals surface area contributed by atoms with E-state index in [9.17, 15) is 14.3 Å². The Morgan fingerprint density at radius 2 is 2.25 bits per heavy atom. The lowest BCUT2D eigenvalue weighted by Crippen LogP contribution is -2.20. The number of hydrogen-bond donors (Lipinski definition) is 3. The summed E-state index contributed by atoms with van der Waals surface area (Å²) in [6.45, 7) is 3.27. The van der Waals surface area contributed by atoms with Crippen LogP contribution >= 0.6 is 11.6 Å². The molecule has 1 saturated heterocycles. The molecule has 0 saturated carbocycles. The van der Waals surface area contributed by atoms with E-state index in [4.69, 9.17) is 16.3 Å². The Morgan fingerprint density at radius 1 is 1.41 bits per heavy atom. The van der Waals surface area contributed by atoms with Crippen LogP contribution in [-0.2, 0) is 0 Å². The van der Waals surface area contributed by atoms with Crippen molar-refractivity contribution < 1.29 is 19.0 Å². The number of aromatic carboxylic acids is 1. The Morgan fingerprint density at radius 3 is 3.00 bits per heavy atom. The highest BCUT2D eigenvalue weighted by Gasteiger charge is 2.22. The van der Waals surface area contributed by atoms with Gasteiger partial charge in [0.05, 0.1) is 17.3 Å². The monoisotopic (exact) mass is 458 g/mol. The maximum atomic E-state index is 13.8. The van der Waals surface area contributed by atoms with Crippen LogP contribution in [-0.4, -0.2) is 40.2 Å². The second-order valence-electron chi connectivity index (χ2n) is 7.83. The molecule has 3 aromatic rings. The number of pyridine rings is 2. The predicted molar refractivity (Wildman–Crippen MR) is 121 cm³/mol. The van der Waals surface area contributed by atoms with Crippen LogP contribution < -0.4 is 15.4 Å². The van der Waals surface area contributed by atoms with Gasteiger partial charge in [0, 0.05) is 30.8 Å². The van der Waals surface area contributed by atoms with Crippen molar-refractivity contribution in [3.05, 3.63) is 58.6 Å². The van der Waals surface area contributed by atoms with E-state index in [0.29, 0.717) is 35.4 Å². The van der Waals surface area contributed by atoms with Gasteiger partial charge in [0.2, 0.25) is 0 Å². The molecule has 1 aliphatic heterocycles. The van der Waals surface area contributed by atoms with Crippen LogP contribution in [0.15, 0.2) is 36.5 Å². The van der Waals surface area contributed by atoms with Crippen molar-refractivity contribution in [2.45, 2.75) is 38.3 Å². The fraction of sp³-hybridized carbons (Fsp3) is 0.348. The van der Waals surface area contributed by atoms with Crippen LogP contribution in [0.4, 0.5) is 10.1 Å². The zero-order valence-electron chi connectivity index (χ0n) is 17.6. The van der Waals surface area contributed by atoms with Gasteiger partial charge in [0.15, 0.2) is 0 Å². The minimum absolute atomic E-state index is 0.0222. The number of fused-ring (bicyclic) bond motifs is 1.